The highest BCUT2D eigenvalue weighted by Gasteiger charge is 2.27. The van der Waals surface area contributed by atoms with Gasteiger partial charge in [0.1, 0.15) is 6.54 Å². The Balaban J connectivity index is 3.37. The van der Waals surface area contributed by atoms with Crippen molar-refractivity contribution in [1.82, 2.24) is 10.6 Å². The summed E-state index contributed by atoms with van der Waals surface area (Å²) >= 11 is 0. The Hall–Kier alpha value is -1.47. The van der Waals surface area contributed by atoms with Crippen LogP contribution in [0.3, 0.4) is 0 Å². The van der Waals surface area contributed by atoms with E-state index in [1.165, 1.54) is 0 Å². The zero-order valence-corrected chi connectivity index (χ0v) is 9.14. The minimum Gasteiger partial charge on any atom is -0.481 e. The lowest BCUT2D eigenvalue weighted by molar-refractivity contribution is -0.137. The van der Waals surface area contributed by atoms with Crippen LogP contribution in [0.5, 0.6) is 0 Å². The third-order valence-electron chi connectivity index (χ3n) is 1.80. The first-order valence-electron chi connectivity index (χ1n) is 5.11. The van der Waals surface area contributed by atoms with Crippen molar-refractivity contribution in [3.63, 3.8) is 0 Å². The van der Waals surface area contributed by atoms with Gasteiger partial charge in [0.2, 0.25) is 0 Å². The Kier molecular flexibility index (Phi) is 7.08. The van der Waals surface area contributed by atoms with E-state index in [0.717, 1.165) is 0 Å². The molecule has 8 heteroatoms. The zero-order chi connectivity index (χ0) is 13.3. The van der Waals surface area contributed by atoms with Crippen LogP contribution in [0.2, 0.25) is 0 Å². The van der Waals surface area contributed by atoms with E-state index < -0.39 is 24.7 Å². The van der Waals surface area contributed by atoms with Crippen LogP contribution in [-0.4, -0.2) is 36.4 Å². The van der Waals surface area contributed by atoms with E-state index in [1.54, 1.807) is 5.32 Å². The van der Waals surface area contributed by atoms with Gasteiger partial charge in [-0.05, 0) is 12.8 Å². The number of urea groups is 1. The fourth-order valence-corrected chi connectivity index (χ4v) is 1.02. The van der Waals surface area contributed by atoms with Crippen molar-refractivity contribution in [2.75, 3.05) is 13.1 Å². The maximum Gasteiger partial charge on any atom is 0.405 e. The van der Waals surface area contributed by atoms with Crippen molar-refractivity contribution < 1.29 is 27.9 Å². The number of aliphatic carboxylic acids is 1. The lowest BCUT2D eigenvalue weighted by atomic mass is 10.2. The Morgan fingerprint density at radius 3 is 2.24 bits per heavy atom. The molecule has 17 heavy (non-hydrogen) atoms. The Labute approximate surface area is 96.4 Å². The molecule has 5 nitrogen and oxygen atoms in total. The largest absolute Gasteiger partial charge is 0.481 e. The minimum atomic E-state index is -4.42. The standard InChI is InChI=1S/C9H15F3N2O3/c10-9(11,12)6-14-8(17)13-5-3-1-2-4-7(15)16/h1-6H2,(H,15,16)(H2,13,14,17). The van der Waals surface area contributed by atoms with E-state index >= 15 is 0 Å². The van der Waals surface area contributed by atoms with Crippen LogP contribution in [0.4, 0.5) is 18.0 Å². The van der Waals surface area contributed by atoms with Crippen LogP contribution in [-0.2, 0) is 4.79 Å². The molecule has 0 aliphatic heterocycles. The Bertz CT molecular complexity index is 256. The van der Waals surface area contributed by atoms with Crippen molar-refractivity contribution >= 4 is 12.0 Å². The lowest BCUT2D eigenvalue weighted by Crippen LogP contribution is -2.41. The minimum absolute atomic E-state index is 0.0558. The van der Waals surface area contributed by atoms with Crippen molar-refractivity contribution in [2.24, 2.45) is 0 Å². The number of hydrogen-bond acceptors (Lipinski definition) is 2. The molecule has 0 aromatic carbocycles. The van der Waals surface area contributed by atoms with E-state index in [9.17, 15) is 22.8 Å². The van der Waals surface area contributed by atoms with Gasteiger partial charge in [0.25, 0.3) is 0 Å². The molecule has 0 unspecified atom stereocenters. The van der Waals surface area contributed by atoms with Gasteiger partial charge in [-0.1, -0.05) is 6.42 Å². The number of unbranched alkanes of at least 4 members (excludes halogenated alkanes) is 2. The van der Waals surface area contributed by atoms with Gasteiger partial charge in [0.15, 0.2) is 0 Å². The number of carboxylic acids is 1. The molecule has 0 aromatic heterocycles. The quantitative estimate of drug-likeness (QED) is 0.604. The fourth-order valence-electron chi connectivity index (χ4n) is 1.02. The summed E-state index contributed by atoms with van der Waals surface area (Å²) in [5.74, 6) is -0.888. The van der Waals surface area contributed by atoms with Gasteiger partial charge >= 0.3 is 18.2 Å². The zero-order valence-electron chi connectivity index (χ0n) is 9.14. The normalized spacial score (nSPS) is 11.0. The van der Waals surface area contributed by atoms with Gasteiger partial charge in [0, 0.05) is 13.0 Å². The number of alkyl halides is 3. The summed E-state index contributed by atoms with van der Waals surface area (Å²) < 4.78 is 35.0. The monoisotopic (exact) mass is 256 g/mol. The van der Waals surface area contributed by atoms with Crippen LogP contribution < -0.4 is 10.6 Å². The summed E-state index contributed by atoms with van der Waals surface area (Å²) in [5.41, 5.74) is 0. The average Bonchev–Trinajstić information content (AvgIpc) is 2.19. The van der Waals surface area contributed by atoms with Gasteiger partial charge in [-0.3, -0.25) is 4.79 Å². The molecule has 0 rings (SSSR count). The van der Waals surface area contributed by atoms with E-state index in [4.69, 9.17) is 5.11 Å². The second-order valence-corrected chi connectivity index (χ2v) is 3.43. The molecule has 0 aliphatic carbocycles. The predicted molar refractivity (Wildman–Crippen MR) is 53.6 cm³/mol. The molecule has 0 aliphatic rings. The maximum atomic E-state index is 11.7. The smallest absolute Gasteiger partial charge is 0.405 e. The number of hydrogen-bond donors (Lipinski definition) is 3. The Morgan fingerprint density at radius 2 is 1.71 bits per heavy atom. The molecule has 0 aromatic rings. The van der Waals surface area contributed by atoms with E-state index in [0.29, 0.717) is 19.3 Å². The number of carbonyl (C=O) groups is 2. The fraction of sp³-hybridized carbons (Fsp3) is 0.778. The van der Waals surface area contributed by atoms with Crippen LogP contribution in [0.1, 0.15) is 25.7 Å². The highest BCUT2D eigenvalue weighted by atomic mass is 19.4. The number of halogens is 3. The first-order valence-corrected chi connectivity index (χ1v) is 5.11. The number of nitrogens with one attached hydrogen (secondary N) is 2. The van der Waals surface area contributed by atoms with E-state index in [-0.39, 0.29) is 13.0 Å². The first kappa shape index (κ1) is 15.5. The summed E-state index contributed by atoms with van der Waals surface area (Å²) in [7, 11) is 0. The van der Waals surface area contributed by atoms with Crippen molar-refractivity contribution in [3.8, 4) is 0 Å². The van der Waals surface area contributed by atoms with Gasteiger partial charge in [-0.25, -0.2) is 4.79 Å². The molecule has 0 bridgehead atoms. The Morgan fingerprint density at radius 1 is 1.06 bits per heavy atom. The number of carbonyl (C=O) groups excluding carboxylic acids is 1. The van der Waals surface area contributed by atoms with Gasteiger partial charge < -0.3 is 15.7 Å². The number of carboxylic acid groups (broad SMARTS) is 1. The first-order chi connectivity index (χ1) is 7.81. The number of amides is 2. The third-order valence-corrected chi connectivity index (χ3v) is 1.80. The second kappa shape index (κ2) is 7.75. The van der Waals surface area contributed by atoms with E-state index in [2.05, 4.69) is 5.32 Å². The molecule has 0 saturated heterocycles. The topological polar surface area (TPSA) is 78.4 Å². The molecule has 0 heterocycles. The molecule has 0 atom stereocenters. The summed E-state index contributed by atoms with van der Waals surface area (Å²) in [6.45, 7) is -1.14. The molecule has 3 N–H and O–H groups in total. The molecule has 0 spiro atoms. The second-order valence-electron chi connectivity index (χ2n) is 3.43. The van der Waals surface area contributed by atoms with Gasteiger partial charge in [-0.15, -0.1) is 0 Å². The predicted octanol–water partition coefficient (Wildman–Crippen LogP) is 1.49. The van der Waals surface area contributed by atoms with Crippen molar-refractivity contribution in [3.05, 3.63) is 0 Å². The average molecular weight is 256 g/mol. The SMILES string of the molecule is O=C(O)CCCCCNC(=O)NCC(F)(F)F. The van der Waals surface area contributed by atoms with E-state index in [1.807, 2.05) is 0 Å². The van der Waals surface area contributed by atoms with Crippen molar-refractivity contribution in [2.45, 2.75) is 31.9 Å². The van der Waals surface area contributed by atoms with Crippen LogP contribution in [0.15, 0.2) is 0 Å². The lowest BCUT2D eigenvalue weighted by Gasteiger charge is -2.09. The van der Waals surface area contributed by atoms with Gasteiger partial charge in [0.05, 0.1) is 0 Å². The summed E-state index contributed by atoms with van der Waals surface area (Å²) in [5, 5.41) is 12.2. The van der Waals surface area contributed by atoms with Crippen LogP contribution in [0.25, 0.3) is 0 Å². The molecular formula is C9H15F3N2O3. The molecule has 0 fully saturated rings. The number of rotatable bonds is 7. The molecule has 0 radical (unpaired) electrons. The highest BCUT2D eigenvalue weighted by molar-refractivity contribution is 5.73. The molecule has 2 amide bonds. The third kappa shape index (κ3) is 12.5. The van der Waals surface area contributed by atoms with Gasteiger partial charge in [-0.2, -0.15) is 13.2 Å². The molecule has 0 saturated carbocycles. The summed E-state index contributed by atoms with van der Waals surface area (Å²) in [4.78, 5) is 20.9. The molecule has 100 valence electrons. The van der Waals surface area contributed by atoms with Crippen LogP contribution in [0, 0.1) is 0 Å². The maximum absolute atomic E-state index is 11.7. The van der Waals surface area contributed by atoms with Crippen molar-refractivity contribution in [1.29, 1.82) is 0 Å². The summed E-state index contributed by atoms with van der Waals surface area (Å²) in [6, 6.07) is -0.874. The molecular weight excluding hydrogens is 241 g/mol. The highest BCUT2D eigenvalue weighted by Crippen LogP contribution is 2.11. The summed E-state index contributed by atoms with van der Waals surface area (Å²) in [6.07, 6.45) is -2.74. The van der Waals surface area contributed by atoms with Crippen LogP contribution >= 0.6 is 0 Å².